The molecule has 0 spiro atoms. The fourth-order valence-corrected chi connectivity index (χ4v) is 3.91. The molecule has 7 heteroatoms. The van der Waals surface area contributed by atoms with Gasteiger partial charge in [-0.1, -0.05) is 24.3 Å². The summed E-state index contributed by atoms with van der Waals surface area (Å²) >= 11 is 0. The van der Waals surface area contributed by atoms with E-state index in [4.69, 9.17) is 0 Å². The Morgan fingerprint density at radius 3 is 2.58 bits per heavy atom. The van der Waals surface area contributed by atoms with Crippen molar-refractivity contribution in [1.29, 1.82) is 0 Å². The first-order chi connectivity index (χ1) is 15.0. The highest BCUT2D eigenvalue weighted by Crippen LogP contribution is 2.27. The molecule has 0 aliphatic rings. The normalized spacial score (nSPS) is 11.3. The van der Waals surface area contributed by atoms with Crippen molar-refractivity contribution in [2.45, 2.75) is 20.4 Å². The molecule has 6 nitrogen and oxygen atoms in total. The summed E-state index contributed by atoms with van der Waals surface area (Å²) in [5, 5.41) is 4.23. The topological polar surface area (TPSA) is 57.1 Å². The molecule has 31 heavy (non-hydrogen) atoms. The smallest absolute Gasteiger partial charge is 0.291 e. The van der Waals surface area contributed by atoms with E-state index < -0.39 is 0 Å². The van der Waals surface area contributed by atoms with Crippen LogP contribution in [0.15, 0.2) is 78.0 Å². The Balaban J connectivity index is 1.74. The van der Waals surface area contributed by atoms with Gasteiger partial charge in [-0.3, -0.25) is 9.13 Å². The lowest BCUT2D eigenvalue weighted by Crippen LogP contribution is -2.24. The molecule has 0 amide bonds. The first-order valence-corrected chi connectivity index (χ1v) is 9.94. The Morgan fingerprint density at radius 2 is 1.81 bits per heavy atom. The summed E-state index contributed by atoms with van der Waals surface area (Å²) in [5.41, 5.74) is 5.74. The molecule has 3 heterocycles. The molecule has 0 bridgehead atoms. The molecule has 0 aliphatic carbocycles. The minimum atomic E-state index is -0.299. The number of pyridine rings is 1. The molecule has 0 aliphatic heterocycles. The number of hydrogen-bond donors (Lipinski definition) is 0. The van der Waals surface area contributed by atoms with E-state index in [1.807, 2.05) is 56.4 Å². The summed E-state index contributed by atoms with van der Waals surface area (Å²) in [6, 6.07) is 17.9. The van der Waals surface area contributed by atoms with Crippen molar-refractivity contribution in [2.24, 2.45) is 0 Å². The molecule has 5 rings (SSSR count). The van der Waals surface area contributed by atoms with Crippen LogP contribution in [0.2, 0.25) is 0 Å². The molecule has 0 radical (unpaired) electrons. The quantitative estimate of drug-likeness (QED) is 0.445. The number of halogens is 1. The van der Waals surface area contributed by atoms with Crippen molar-refractivity contribution < 1.29 is 4.39 Å². The fraction of sp³-hybridized carbons (Fsp3) is 0.125. The summed E-state index contributed by atoms with van der Waals surface area (Å²) in [6.45, 7) is 4.28. The SMILES string of the molecule is Cc1cccc(-n2c(-c3ccc4ncnn4c3)c(C)n(Cc3ccc(F)cc3)c2=O)c1. The van der Waals surface area contributed by atoms with Gasteiger partial charge < -0.3 is 0 Å². The zero-order valence-electron chi connectivity index (χ0n) is 17.2. The van der Waals surface area contributed by atoms with Crippen molar-refractivity contribution in [3.63, 3.8) is 0 Å². The predicted octanol–water partition coefficient (Wildman–Crippen LogP) is 4.15. The van der Waals surface area contributed by atoms with Crippen LogP contribution in [-0.2, 0) is 6.54 Å². The van der Waals surface area contributed by atoms with Crippen LogP contribution in [0.3, 0.4) is 0 Å². The Bertz CT molecular complexity index is 1460. The second-order valence-corrected chi connectivity index (χ2v) is 7.58. The lowest BCUT2D eigenvalue weighted by Gasteiger charge is -2.10. The van der Waals surface area contributed by atoms with Gasteiger partial charge in [-0.25, -0.2) is 18.7 Å². The van der Waals surface area contributed by atoms with Crippen LogP contribution in [-0.4, -0.2) is 23.7 Å². The molecule has 5 aromatic rings. The number of hydrogen-bond acceptors (Lipinski definition) is 3. The number of benzene rings is 2. The first kappa shape index (κ1) is 19.0. The van der Waals surface area contributed by atoms with Crippen LogP contribution in [0, 0.1) is 19.7 Å². The number of aryl methyl sites for hydroxylation is 1. The minimum absolute atomic E-state index is 0.152. The average molecular weight is 413 g/mol. The molecular formula is C24H20FN5O. The number of rotatable bonds is 4. The maximum absolute atomic E-state index is 13.6. The summed E-state index contributed by atoms with van der Waals surface area (Å²) < 4.78 is 18.5. The minimum Gasteiger partial charge on any atom is -0.291 e. The third-order valence-corrected chi connectivity index (χ3v) is 5.45. The van der Waals surface area contributed by atoms with Gasteiger partial charge in [0.1, 0.15) is 12.1 Å². The summed E-state index contributed by atoms with van der Waals surface area (Å²) in [4.78, 5) is 17.8. The van der Waals surface area contributed by atoms with Crippen molar-refractivity contribution in [3.05, 3.63) is 106 Å². The second-order valence-electron chi connectivity index (χ2n) is 7.58. The van der Waals surface area contributed by atoms with Crippen LogP contribution in [0.25, 0.3) is 22.6 Å². The Kier molecular flexibility index (Phi) is 4.51. The number of fused-ring (bicyclic) bond motifs is 1. The zero-order valence-corrected chi connectivity index (χ0v) is 17.2. The number of imidazole rings is 1. The van der Waals surface area contributed by atoms with E-state index >= 15 is 0 Å². The van der Waals surface area contributed by atoms with Crippen molar-refractivity contribution in [3.8, 4) is 16.9 Å². The van der Waals surface area contributed by atoms with E-state index in [1.165, 1.54) is 18.5 Å². The molecule has 154 valence electrons. The molecule has 0 saturated carbocycles. The summed E-state index contributed by atoms with van der Waals surface area (Å²) in [6.07, 6.45) is 3.37. The van der Waals surface area contributed by atoms with Crippen molar-refractivity contribution in [1.82, 2.24) is 23.7 Å². The van der Waals surface area contributed by atoms with Crippen molar-refractivity contribution >= 4 is 5.65 Å². The van der Waals surface area contributed by atoms with E-state index in [1.54, 1.807) is 25.8 Å². The maximum Gasteiger partial charge on any atom is 0.333 e. The molecule has 0 atom stereocenters. The predicted molar refractivity (Wildman–Crippen MR) is 117 cm³/mol. The van der Waals surface area contributed by atoms with Gasteiger partial charge in [0, 0.05) is 17.5 Å². The average Bonchev–Trinajstić information content (AvgIpc) is 3.32. The van der Waals surface area contributed by atoms with Crippen LogP contribution in [0.1, 0.15) is 16.8 Å². The van der Waals surface area contributed by atoms with Gasteiger partial charge in [0.2, 0.25) is 0 Å². The summed E-state index contributed by atoms with van der Waals surface area (Å²) in [5.74, 6) is -0.299. The largest absolute Gasteiger partial charge is 0.333 e. The monoisotopic (exact) mass is 413 g/mol. The first-order valence-electron chi connectivity index (χ1n) is 9.94. The molecular weight excluding hydrogens is 393 g/mol. The maximum atomic E-state index is 13.6. The second kappa shape index (κ2) is 7.36. The third kappa shape index (κ3) is 3.34. The number of nitrogens with zero attached hydrogens (tertiary/aromatic N) is 5. The van der Waals surface area contributed by atoms with E-state index in [9.17, 15) is 9.18 Å². The molecule has 3 aromatic heterocycles. The lowest BCUT2D eigenvalue weighted by atomic mass is 10.1. The van der Waals surface area contributed by atoms with Gasteiger partial charge in [0.15, 0.2) is 5.65 Å². The Morgan fingerprint density at radius 1 is 1.00 bits per heavy atom. The summed E-state index contributed by atoms with van der Waals surface area (Å²) in [7, 11) is 0. The van der Waals surface area contributed by atoms with Crippen LogP contribution in [0.5, 0.6) is 0 Å². The zero-order chi connectivity index (χ0) is 21.5. The van der Waals surface area contributed by atoms with E-state index in [-0.39, 0.29) is 11.5 Å². The van der Waals surface area contributed by atoms with E-state index in [2.05, 4.69) is 10.1 Å². The Labute approximate surface area is 177 Å². The van der Waals surface area contributed by atoms with E-state index in [0.29, 0.717) is 6.54 Å². The Hall–Kier alpha value is -4.00. The highest BCUT2D eigenvalue weighted by molar-refractivity contribution is 5.66. The van der Waals surface area contributed by atoms with Gasteiger partial charge in [-0.2, -0.15) is 5.10 Å². The third-order valence-electron chi connectivity index (χ3n) is 5.45. The molecule has 2 aromatic carbocycles. The van der Waals surface area contributed by atoms with E-state index in [0.717, 1.165) is 39.4 Å². The van der Waals surface area contributed by atoms with Gasteiger partial charge in [-0.05, 0) is 61.4 Å². The van der Waals surface area contributed by atoms with Gasteiger partial charge in [-0.15, -0.1) is 0 Å². The van der Waals surface area contributed by atoms with Crippen LogP contribution < -0.4 is 5.69 Å². The highest BCUT2D eigenvalue weighted by atomic mass is 19.1. The van der Waals surface area contributed by atoms with Crippen LogP contribution in [0.4, 0.5) is 4.39 Å². The molecule has 0 unspecified atom stereocenters. The number of aromatic nitrogens is 5. The van der Waals surface area contributed by atoms with Gasteiger partial charge in [0.05, 0.1) is 17.9 Å². The van der Waals surface area contributed by atoms with Gasteiger partial charge >= 0.3 is 5.69 Å². The highest BCUT2D eigenvalue weighted by Gasteiger charge is 2.20. The van der Waals surface area contributed by atoms with Gasteiger partial charge in [0.25, 0.3) is 0 Å². The standard InChI is InChI=1S/C24H20FN5O/c1-16-4-3-5-21(12-16)30-23(19-8-11-22-26-15-27-29(22)14-19)17(2)28(24(30)31)13-18-6-9-20(25)10-7-18/h3-12,14-15H,13H2,1-2H3. The molecule has 0 saturated heterocycles. The molecule has 0 fully saturated rings. The fourth-order valence-electron chi connectivity index (χ4n) is 3.91. The van der Waals surface area contributed by atoms with Crippen LogP contribution >= 0.6 is 0 Å². The van der Waals surface area contributed by atoms with Crippen molar-refractivity contribution in [2.75, 3.05) is 0 Å². The lowest BCUT2D eigenvalue weighted by molar-refractivity contribution is 0.625. The molecule has 0 N–H and O–H groups in total.